The number of nitrogens with one attached hydrogen (secondary N) is 1. The molecule has 1 aromatic heterocycles. The third-order valence-electron chi connectivity index (χ3n) is 2.08. The molecule has 1 atom stereocenters. The zero-order chi connectivity index (χ0) is 12.7. The van der Waals surface area contributed by atoms with Crippen molar-refractivity contribution in [2.24, 2.45) is 0 Å². The number of carboxylic acids is 1. The van der Waals surface area contributed by atoms with Gasteiger partial charge in [-0.25, -0.2) is 14.8 Å². The van der Waals surface area contributed by atoms with E-state index in [9.17, 15) is 4.79 Å². The molecule has 0 aliphatic carbocycles. The van der Waals surface area contributed by atoms with Gasteiger partial charge < -0.3 is 15.2 Å². The van der Waals surface area contributed by atoms with E-state index in [1.165, 1.54) is 25.2 Å². The van der Waals surface area contributed by atoms with Crippen molar-refractivity contribution in [2.45, 2.75) is 17.5 Å². The number of carbonyl (C=O) groups is 1. The van der Waals surface area contributed by atoms with E-state index in [2.05, 4.69) is 15.3 Å². The number of ether oxygens (including phenoxy) is 1. The number of nitrogens with zero attached hydrogens (tertiary/aromatic N) is 2. The first-order chi connectivity index (χ1) is 8.17. The molecule has 0 aliphatic heterocycles. The van der Waals surface area contributed by atoms with E-state index in [-0.39, 0.29) is 0 Å². The van der Waals surface area contributed by atoms with Crippen LogP contribution >= 0.6 is 11.8 Å². The molecule has 0 radical (unpaired) electrons. The Hall–Kier alpha value is -1.34. The molecule has 0 spiro atoms. The highest BCUT2D eigenvalue weighted by Crippen LogP contribution is 2.14. The minimum Gasteiger partial charge on any atom is -0.480 e. The second-order valence-corrected chi connectivity index (χ2v) is 4.09. The fraction of sp³-hybridized carbons (Fsp3) is 0.500. The Labute approximate surface area is 104 Å². The van der Waals surface area contributed by atoms with Crippen LogP contribution in [0.1, 0.15) is 6.42 Å². The summed E-state index contributed by atoms with van der Waals surface area (Å²) in [6, 6.07) is 1.01. The summed E-state index contributed by atoms with van der Waals surface area (Å²) in [5.74, 6) is -0.417. The average Bonchev–Trinajstić information content (AvgIpc) is 2.34. The normalized spacial score (nSPS) is 12.1. The van der Waals surface area contributed by atoms with Gasteiger partial charge in [0.2, 0.25) is 0 Å². The van der Waals surface area contributed by atoms with E-state index < -0.39 is 12.0 Å². The van der Waals surface area contributed by atoms with Crippen molar-refractivity contribution < 1.29 is 14.6 Å². The monoisotopic (exact) mass is 257 g/mol. The molecule has 0 saturated heterocycles. The number of hydrogen-bond donors (Lipinski definition) is 2. The first kappa shape index (κ1) is 13.7. The predicted molar refractivity (Wildman–Crippen MR) is 65.4 cm³/mol. The number of methoxy groups -OCH3 is 1. The van der Waals surface area contributed by atoms with Crippen molar-refractivity contribution in [1.82, 2.24) is 9.97 Å². The van der Waals surface area contributed by atoms with Gasteiger partial charge in [0.15, 0.2) is 0 Å². The zero-order valence-corrected chi connectivity index (χ0v) is 10.5. The molecule has 7 heteroatoms. The van der Waals surface area contributed by atoms with E-state index in [4.69, 9.17) is 9.84 Å². The quantitative estimate of drug-likeness (QED) is 0.559. The van der Waals surface area contributed by atoms with Crippen LogP contribution in [0.3, 0.4) is 0 Å². The molecule has 6 nitrogen and oxygen atoms in total. The molecule has 0 bridgehead atoms. The molecule has 2 N–H and O–H groups in total. The molecule has 0 aromatic carbocycles. The summed E-state index contributed by atoms with van der Waals surface area (Å²) >= 11 is 1.47. The summed E-state index contributed by atoms with van der Waals surface area (Å²) in [5, 5.41) is 12.7. The highest BCUT2D eigenvalue weighted by molar-refractivity contribution is 7.98. The molecule has 17 heavy (non-hydrogen) atoms. The summed E-state index contributed by atoms with van der Waals surface area (Å²) in [6.07, 6.45) is 3.68. The number of anilines is 1. The summed E-state index contributed by atoms with van der Waals surface area (Å²) < 4.78 is 4.86. The van der Waals surface area contributed by atoms with Gasteiger partial charge in [-0.3, -0.25) is 0 Å². The van der Waals surface area contributed by atoms with Crippen molar-refractivity contribution in [2.75, 3.05) is 25.3 Å². The lowest BCUT2D eigenvalue weighted by atomic mass is 10.2. The molecular weight excluding hydrogens is 242 g/mol. The van der Waals surface area contributed by atoms with Gasteiger partial charge in [0.25, 0.3) is 0 Å². The first-order valence-electron chi connectivity index (χ1n) is 5.01. The van der Waals surface area contributed by atoms with Crippen LogP contribution in [0, 0.1) is 0 Å². The number of carboxylic acid groups (broad SMARTS) is 1. The maximum Gasteiger partial charge on any atom is 0.326 e. The Morgan fingerprint density at radius 1 is 1.65 bits per heavy atom. The van der Waals surface area contributed by atoms with Crippen LogP contribution in [-0.4, -0.2) is 47.1 Å². The number of hydrogen-bond acceptors (Lipinski definition) is 6. The van der Waals surface area contributed by atoms with Crippen LogP contribution in [-0.2, 0) is 9.53 Å². The van der Waals surface area contributed by atoms with Gasteiger partial charge in [-0.15, -0.1) is 11.8 Å². The maximum absolute atomic E-state index is 11.0. The van der Waals surface area contributed by atoms with Crippen LogP contribution in [0.25, 0.3) is 0 Å². The maximum atomic E-state index is 11.0. The summed E-state index contributed by atoms with van der Waals surface area (Å²) in [7, 11) is 1.54. The smallest absolute Gasteiger partial charge is 0.326 e. The fourth-order valence-electron chi connectivity index (χ4n) is 1.20. The lowest BCUT2D eigenvalue weighted by molar-refractivity contribution is -0.138. The standard InChI is InChI=1S/C10H15N3O3S/c1-16-4-3-7(10(14)15)13-8-5-9(17-2)12-6-11-8/h5-7H,3-4H2,1-2H3,(H,14,15)(H,11,12,13). The Kier molecular flexibility index (Phi) is 5.71. The third-order valence-corrected chi connectivity index (χ3v) is 2.72. The number of thioether (sulfide) groups is 1. The van der Waals surface area contributed by atoms with Crippen molar-refractivity contribution >= 4 is 23.5 Å². The molecular formula is C10H15N3O3S. The van der Waals surface area contributed by atoms with E-state index in [0.717, 1.165) is 5.03 Å². The predicted octanol–water partition coefficient (Wildman–Crippen LogP) is 1.10. The van der Waals surface area contributed by atoms with Crippen molar-refractivity contribution in [3.8, 4) is 0 Å². The fourth-order valence-corrected chi connectivity index (χ4v) is 1.58. The van der Waals surface area contributed by atoms with Crippen LogP contribution < -0.4 is 5.32 Å². The van der Waals surface area contributed by atoms with Crippen LogP contribution in [0.5, 0.6) is 0 Å². The molecule has 0 saturated carbocycles. The molecule has 0 aliphatic rings. The Morgan fingerprint density at radius 2 is 2.41 bits per heavy atom. The average molecular weight is 257 g/mol. The summed E-state index contributed by atoms with van der Waals surface area (Å²) in [4.78, 5) is 19.0. The van der Waals surface area contributed by atoms with Crippen molar-refractivity contribution in [3.63, 3.8) is 0 Å². The second-order valence-electron chi connectivity index (χ2n) is 3.26. The Morgan fingerprint density at radius 3 is 3.00 bits per heavy atom. The van der Waals surface area contributed by atoms with Gasteiger partial charge >= 0.3 is 5.97 Å². The highest BCUT2D eigenvalue weighted by atomic mass is 32.2. The van der Waals surface area contributed by atoms with Crippen LogP contribution in [0.2, 0.25) is 0 Å². The second kappa shape index (κ2) is 7.08. The number of aliphatic carboxylic acids is 1. The third kappa shape index (κ3) is 4.58. The molecule has 0 amide bonds. The van der Waals surface area contributed by atoms with Gasteiger partial charge in [0, 0.05) is 26.2 Å². The summed E-state index contributed by atoms with van der Waals surface area (Å²) in [6.45, 7) is 0.379. The van der Waals surface area contributed by atoms with Crippen molar-refractivity contribution in [1.29, 1.82) is 0 Å². The van der Waals surface area contributed by atoms with Gasteiger partial charge in [-0.05, 0) is 6.26 Å². The lowest BCUT2D eigenvalue weighted by Gasteiger charge is -2.14. The molecule has 1 rings (SSSR count). The molecule has 1 heterocycles. The molecule has 94 valence electrons. The highest BCUT2D eigenvalue weighted by Gasteiger charge is 2.17. The molecule has 1 aromatic rings. The SMILES string of the molecule is COCCC(Nc1cc(SC)ncn1)C(=O)O. The topological polar surface area (TPSA) is 84.3 Å². The van der Waals surface area contributed by atoms with Crippen LogP contribution in [0.4, 0.5) is 5.82 Å². The molecule has 0 fully saturated rings. The first-order valence-corrected chi connectivity index (χ1v) is 6.24. The minimum atomic E-state index is -0.925. The molecule has 1 unspecified atom stereocenters. The Bertz CT molecular complexity index is 376. The van der Waals surface area contributed by atoms with Gasteiger partial charge in [-0.1, -0.05) is 0 Å². The lowest BCUT2D eigenvalue weighted by Crippen LogP contribution is -2.30. The number of rotatable bonds is 7. The van der Waals surface area contributed by atoms with E-state index in [0.29, 0.717) is 18.8 Å². The van der Waals surface area contributed by atoms with E-state index in [1.807, 2.05) is 6.26 Å². The largest absolute Gasteiger partial charge is 0.480 e. The number of aromatic nitrogens is 2. The van der Waals surface area contributed by atoms with E-state index in [1.54, 1.807) is 6.07 Å². The minimum absolute atomic E-state index is 0.379. The van der Waals surface area contributed by atoms with Crippen molar-refractivity contribution in [3.05, 3.63) is 12.4 Å². The van der Waals surface area contributed by atoms with E-state index >= 15 is 0 Å². The van der Waals surface area contributed by atoms with Gasteiger partial charge in [0.1, 0.15) is 23.2 Å². The Balaban J connectivity index is 2.67. The zero-order valence-electron chi connectivity index (χ0n) is 9.71. The van der Waals surface area contributed by atoms with Gasteiger partial charge in [-0.2, -0.15) is 0 Å². The van der Waals surface area contributed by atoms with Gasteiger partial charge in [0.05, 0.1) is 0 Å². The summed E-state index contributed by atoms with van der Waals surface area (Å²) in [5.41, 5.74) is 0. The van der Waals surface area contributed by atoms with Crippen LogP contribution in [0.15, 0.2) is 17.4 Å².